The molecule has 138 valence electrons. The largest absolute Gasteiger partial charge is 0.497 e. The Hall–Kier alpha value is -2.38. The van der Waals surface area contributed by atoms with Crippen molar-refractivity contribution >= 4 is 5.91 Å². The van der Waals surface area contributed by atoms with Gasteiger partial charge in [-0.1, -0.05) is 0 Å². The summed E-state index contributed by atoms with van der Waals surface area (Å²) < 4.78 is 16.6. The molecular formula is C19H23N3O4. The lowest BCUT2D eigenvalue weighted by Gasteiger charge is -2.46. The number of amides is 1. The van der Waals surface area contributed by atoms with Crippen LogP contribution in [0.3, 0.4) is 0 Å². The Morgan fingerprint density at radius 1 is 1.27 bits per heavy atom. The zero-order valence-electron chi connectivity index (χ0n) is 15.1. The Labute approximate surface area is 152 Å². The molecule has 0 saturated carbocycles. The number of benzene rings is 1. The van der Waals surface area contributed by atoms with Gasteiger partial charge in [-0.3, -0.25) is 4.79 Å². The summed E-state index contributed by atoms with van der Waals surface area (Å²) in [7, 11) is 3.70. The molecule has 2 atom stereocenters. The molecule has 0 unspecified atom stereocenters. The van der Waals surface area contributed by atoms with E-state index < -0.39 is 0 Å². The van der Waals surface area contributed by atoms with Crippen LogP contribution in [0.2, 0.25) is 0 Å². The number of piperidine rings is 1. The molecule has 2 aromatic rings. The van der Waals surface area contributed by atoms with Crippen molar-refractivity contribution in [2.24, 2.45) is 0 Å². The van der Waals surface area contributed by atoms with Gasteiger partial charge in [-0.05, 0) is 37.7 Å². The summed E-state index contributed by atoms with van der Waals surface area (Å²) in [6.07, 6.45) is 2.37. The summed E-state index contributed by atoms with van der Waals surface area (Å²) in [6, 6.07) is 7.47. The van der Waals surface area contributed by atoms with Crippen LogP contribution in [-0.2, 0) is 4.74 Å². The fourth-order valence-corrected chi connectivity index (χ4v) is 3.76. The van der Waals surface area contributed by atoms with Gasteiger partial charge in [0.1, 0.15) is 5.75 Å². The first kappa shape index (κ1) is 17.1. The van der Waals surface area contributed by atoms with Crippen LogP contribution in [-0.4, -0.2) is 73.2 Å². The monoisotopic (exact) mass is 357 g/mol. The number of likely N-dealkylation sites (tertiary alicyclic amines) is 1. The van der Waals surface area contributed by atoms with Crippen LogP contribution < -0.4 is 4.74 Å². The van der Waals surface area contributed by atoms with Gasteiger partial charge in [-0.15, -0.1) is 0 Å². The maximum Gasteiger partial charge on any atom is 0.276 e. The number of carbonyl (C=O) groups is 1. The number of oxazole rings is 1. The molecule has 0 spiro atoms. The topological polar surface area (TPSA) is 68.0 Å². The maximum absolute atomic E-state index is 13.2. The molecule has 0 N–H and O–H groups in total. The van der Waals surface area contributed by atoms with E-state index in [1.54, 1.807) is 7.11 Å². The Bertz CT molecular complexity index is 773. The van der Waals surface area contributed by atoms with Crippen molar-refractivity contribution < 1.29 is 18.7 Å². The third-order valence-electron chi connectivity index (χ3n) is 5.17. The second-order valence-corrected chi connectivity index (χ2v) is 6.78. The minimum absolute atomic E-state index is 0.0513. The standard InChI is InChI=1S/C19H23N3O4/c1-21-8-7-16-15(11-21)22(9-10-25-16)19(23)17-18(26-12-20-17)13-3-5-14(24-2)6-4-13/h3-6,12,15-16H,7-11H2,1-2H3/t15-,16-/m0/s1. The van der Waals surface area contributed by atoms with Gasteiger partial charge in [0.05, 0.1) is 25.9 Å². The van der Waals surface area contributed by atoms with E-state index in [0.29, 0.717) is 24.6 Å². The lowest BCUT2D eigenvalue weighted by atomic mass is 9.98. The van der Waals surface area contributed by atoms with E-state index in [4.69, 9.17) is 13.9 Å². The summed E-state index contributed by atoms with van der Waals surface area (Å²) in [5.74, 6) is 1.14. The number of fused-ring (bicyclic) bond motifs is 1. The summed E-state index contributed by atoms with van der Waals surface area (Å²) in [4.78, 5) is 21.6. The number of methoxy groups -OCH3 is 1. The van der Waals surface area contributed by atoms with Gasteiger partial charge >= 0.3 is 0 Å². The quantitative estimate of drug-likeness (QED) is 0.836. The third-order valence-corrected chi connectivity index (χ3v) is 5.17. The molecule has 1 aromatic carbocycles. The van der Waals surface area contributed by atoms with Gasteiger partial charge in [0.25, 0.3) is 5.91 Å². The van der Waals surface area contributed by atoms with Gasteiger partial charge < -0.3 is 23.7 Å². The van der Waals surface area contributed by atoms with E-state index in [-0.39, 0.29) is 18.1 Å². The Morgan fingerprint density at radius 2 is 2.08 bits per heavy atom. The highest BCUT2D eigenvalue weighted by Gasteiger charge is 2.40. The van der Waals surface area contributed by atoms with Crippen molar-refractivity contribution in [1.29, 1.82) is 0 Å². The molecule has 2 aliphatic rings. The predicted molar refractivity (Wildman–Crippen MR) is 95.2 cm³/mol. The van der Waals surface area contributed by atoms with E-state index in [1.807, 2.05) is 29.2 Å². The van der Waals surface area contributed by atoms with Crippen LogP contribution in [0.25, 0.3) is 11.3 Å². The average molecular weight is 357 g/mol. The summed E-state index contributed by atoms with van der Waals surface area (Å²) in [5.41, 5.74) is 1.15. The van der Waals surface area contributed by atoms with Crippen molar-refractivity contribution in [1.82, 2.24) is 14.8 Å². The summed E-state index contributed by atoms with van der Waals surface area (Å²) in [6.45, 7) is 2.94. The highest BCUT2D eigenvalue weighted by atomic mass is 16.5. The molecule has 3 heterocycles. The molecule has 26 heavy (non-hydrogen) atoms. The molecule has 2 aliphatic heterocycles. The van der Waals surface area contributed by atoms with E-state index in [0.717, 1.165) is 30.8 Å². The number of hydrogen-bond acceptors (Lipinski definition) is 6. The number of likely N-dealkylation sites (N-methyl/N-ethyl adjacent to an activating group) is 1. The number of ether oxygens (including phenoxy) is 2. The first-order valence-corrected chi connectivity index (χ1v) is 8.86. The van der Waals surface area contributed by atoms with Crippen LogP contribution in [0.5, 0.6) is 5.75 Å². The Kier molecular flexibility index (Phi) is 4.65. The minimum atomic E-state index is -0.0989. The van der Waals surface area contributed by atoms with Crippen LogP contribution >= 0.6 is 0 Å². The molecule has 2 saturated heterocycles. The predicted octanol–water partition coefficient (Wildman–Crippen LogP) is 1.90. The molecule has 1 aromatic heterocycles. The second-order valence-electron chi connectivity index (χ2n) is 6.78. The van der Waals surface area contributed by atoms with E-state index in [1.165, 1.54) is 6.39 Å². The van der Waals surface area contributed by atoms with Crippen molar-refractivity contribution in [2.45, 2.75) is 18.6 Å². The van der Waals surface area contributed by atoms with Gasteiger partial charge in [0.15, 0.2) is 17.8 Å². The van der Waals surface area contributed by atoms with Crippen LogP contribution in [0.4, 0.5) is 0 Å². The fourth-order valence-electron chi connectivity index (χ4n) is 3.76. The zero-order chi connectivity index (χ0) is 18.1. The lowest BCUT2D eigenvalue weighted by Crippen LogP contribution is -2.60. The van der Waals surface area contributed by atoms with Crippen molar-refractivity contribution in [3.8, 4) is 17.1 Å². The Balaban J connectivity index is 1.61. The average Bonchev–Trinajstić information content (AvgIpc) is 3.17. The number of rotatable bonds is 3. The van der Waals surface area contributed by atoms with Crippen LogP contribution in [0, 0.1) is 0 Å². The number of aromatic nitrogens is 1. The minimum Gasteiger partial charge on any atom is -0.497 e. The molecule has 4 rings (SSSR count). The van der Waals surface area contributed by atoms with Gasteiger partial charge in [0, 0.05) is 25.2 Å². The molecule has 1 amide bonds. The lowest BCUT2D eigenvalue weighted by molar-refractivity contribution is -0.0870. The summed E-state index contributed by atoms with van der Waals surface area (Å²) in [5, 5.41) is 0. The summed E-state index contributed by atoms with van der Waals surface area (Å²) >= 11 is 0. The fraction of sp³-hybridized carbons (Fsp3) is 0.474. The van der Waals surface area contributed by atoms with Crippen molar-refractivity contribution in [3.05, 3.63) is 36.4 Å². The first-order valence-electron chi connectivity index (χ1n) is 8.86. The first-order chi connectivity index (χ1) is 12.7. The number of nitrogens with zero attached hydrogens (tertiary/aromatic N) is 3. The van der Waals surface area contributed by atoms with Crippen LogP contribution in [0.15, 0.2) is 35.1 Å². The molecule has 0 aliphatic carbocycles. The molecular weight excluding hydrogens is 334 g/mol. The van der Waals surface area contributed by atoms with E-state index in [9.17, 15) is 4.79 Å². The molecule has 0 radical (unpaired) electrons. The zero-order valence-corrected chi connectivity index (χ0v) is 15.1. The van der Waals surface area contributed by atoms with Gasteiger partial charge in [-0.2, -0.15) is 0 Å². The van der Waals surface area contributed by atoms with Crippen molar-refractivity contribution in [2.75, 3.05) is 40.4 Å². The van der Waals surface area contributed by atoms with E-state index in [2.05, 4.69) is 16.9 Å². The van der Waals surface area contributed by atoms with Gasteiger partial charge in [-0.25, -0.2) is 4.98 Å². The number of hydrogen-bond donors (Lipinski definition) is 0. The van der Waals surface area contributed by atoms with Crippen LogP contribution in [0.1, 0.15) is 16.9 Å². The van der Waals surface area contributed by atoms with E-state index >= 15 is 0 Å². The highest BCUT2D eigenvalue weighted by molar-refractivity contribution is 5.98. The van der Waals surface area contributed by atoms with Crippen molar-refractivity contribution in [3.63, 3.8) is 0 Å². The normalized spacial score (nSPS) is 23.5. The SMILES string of the molecule is COc1ccc(-c2ocnc2C(=O)N2CCO[C@H]3CCN(C)C[C@@H]32)cc1. The molecule has 0 bridgehead atoms. The smallest absolute Gasteiger partial charge is 0.276 e. The third kappa shape index (κ3) is 3.08. The Morgan fingerprint density at radius 3 is 2.85 bits per heavy atom. The second kappa shape index (κ2) is 7.09. The number of morpholine rings is 1. The molecule has 2 fully saturated rings. The molecule has 7 nitrogen and oxygen atoms in total. The highest BCUT2D eigenvalue weighted by Crippen LogP contribution is 2.29. The molecule has 7 heteroatoms. The number of carbonyl (C=O) groups excluding carboxylic acids is 1. The van der Waals surface area contributed by atoms with Gasteiger partial charge in [0.2, 0.25) is 0 Å². The maximum atomic E-state index is 13.2.